The lowest BCUT2D eigenvalue weighted by molar-refractivity contribution is -0.137. The van der Waals surface area contributed by atoms with Gasteiger partial charge in [-0.05, 0) is 33.0 Å². The van der Waals surface area contributed by atoms with Crippen LogP contribution < -0.4 is 11.9 Å². The van der Waals surface area contributed by atoms with Gasteiger partial charge in [0.2, 0.25) is 0 Å². The van der Waals surface area contributed by atoms with Crippen LogP contribution >= 0.6 is 0 Å². The fraction of sp³-hybridized carbons (Fsp3) is 0.857. The average molecular weight is 177 g/mol. The summed E-state index contributed by atoms with van der Waals surface area (Å²) in [4.78, 5) is 12.0. The zero-order chi connectivity index (χ0) is 8.69. The number of nitrogens with zero attached hydrogens (tertiary/aromatic N) is 1. The highest BCUT2D eigenvalue weighted by Crippen LogP contribution is 1.90. The van der Waals surface area contributed by atoms with Crippen LogP contribution in [0.25, 0.3) is 0 Å². The van der Waals surface area contributed by atoms with Gasteiger partial charge in [0, 0.05) is 0 Å². The first-order chi connectivity index (χ1) is 5.16. The smallest absolute Gasteiger partial charge is 0.317 e. The molecule has 0 spiro atoms. The SMILES string of the molecule is CN(CCCCN)CC(=O)O.N. The Morgan fingerprint density at radius 1 is 1.50 bits per heavy atom. The van der Waals surface area contributed by atoms with Crippen molar-refractivity contribution in [2.45, 2.75) is 12.8 Å². The second-order valence-electron chi connectivity index (χ2n) is 2.63. The minimum atomic E-state index is -0.778. The quantitative estimate of drug-likeness (QED) is 0.492. The first-order valence-corrected chi connectivity index (χ1v) is 3.77. The lowest BCUT2D eigenvalue weighted by Crippen LogP contribution is -2.26. The highest BCUT2D eigenvalue weighted by molar-refractivity contribution is 5.68. The molecule has 0 aromatic rings. The Morgan fingerprint density at radius 3 is 2.50 bits per heavy atom. The predicted octanol–water partition coefficient (Wildman–Crippen LogP) is -0.0963. The van der Waals surface area contributed by atoms with Crippen LogP contribution in [-0.4, -0.2) is 42.7 Å². The molecule has 0 unspecified atom stereocenters. The predicted molar refractivity (Wildman–Crippen MR) is 48.4 cm³/mol. The number of likely N-dealkylation sites (N-methyl/N-ethyl adjacent to an activating group) is 1. The van der Waals surface area contributed by atoms with Gasteiger partial charge in [-0.1, -0.05) is 0 Å². The van der Waals surface area contributed by atoms with E-state index in [1.54, 1.807) is 11.9 Å². The maximum Gasteiger partial charge on any atom is 0.317 e. The number of carboxylic acid groups (broad SMARTS) is 1. The van der Waals surface area contributed by atoms with E-state index in [9.17, 15) is 4.79 Å². The summed E-state index contributed by atoms with van der Waals surface area (Å²) in [6.45, 7) is 1.61. The largest absolute Gasteiger partial charge is 0.480 e. The minimum Gasteiger partial charge on any atom is -0.480 e. The molecular formula is C7H19N3O2. The summed E-state index contributed by atoms with van der Waals surface area (Å²) in [5.74, 6) is -0.778. The topological polar surface area (TPSA) is 102 Å². The van der Waals surface area contributed by atoms with Crippen molar-refractivity contribution in [3.8, 4) is 0 Å². The van der Waals surface area contributed by atoms with Gasteiger partial charge in [0.05, 0.1) is 6.54 Å². The van der Waals surface area contributed by atoms with E-state index in [-0.39, 0.29) is 12.7 Å². The van der Waals surface area contributed by atoms with E-state index < -0.39 is 5.97 Å². The third-order valence-corrected chi connectivity index (χ3v) is 1.40. The van der Waals surface area contributed by atoms with E-state index in [1.165, 1.54) is 0 Å². The average Bonchev–Trinajstić information content (AvgIpc) is 1.86. The molecule has 5 nitrogen and oxygen atoms in total. The second-order valence-corrected chi connectivity index (χ2v) is 2.63. The second kappa shape index (κ2) is 8.45. The molecule has 12 heavy (non-hydrogen) atoms. The van der Waals surface area contributed by atoms with Gasteiger partial charge in [-0.2, -0.15) is 0 Å². The Bertz CT molecular complexity index is 119. The molecule has 74 valence electrons. The number of hydrogen-bond acceptors (Lipinski definition) is 4. The molecule has 0 saturated heterocycles. The molecule has 0 fully saturated rings. The van der Waals surface area contributed by atoms with E-state index in [1.807, 2.05) is 0 Å². The summed E-state index contributed by atoms with van der Waals surface area (Å²) in [6.07, 6.45) is 1.93. The molecule has 0 aliphatic rings. The van der Waals surface area contributed by atoms with Crippen molar-refractivity contribution >= 4 is 5.97 Å². The van der Waals surface area contributed by atoms with Crippen molar-refractivity contribution in [1.29, 1.82) is 0 Å². The van der Waals surface area contributed by atoms with Crippen LogP contribution in [0.15, 0.2) is 0 Å². The fourth-order valence-electron chi connectivity index (χ4n) is 0.836. The number of aliphatic carboxylic acids is 1. The normalized spacial score (nSPS) is 9.58. The van der Waals surface area contributed by atoms with Crippen molar-refractivity contribution in [2.24, 2.45) is 5.73 Å². The molecule has 0 aliphatic heterocycles. The molecule has 0 aromatic carbocycles. The van der Waals surface area contributed by atoms with E-state index in [0.717, 1.165) is 19.4 Å². The number of hydrogen-bond donors (Lipinski definition) is 3. The summed E-state index contributed by atoms with van der Waals surface area (Å²) in [5.41, 5.74) is 5.28. The van der Waals surface area contributed by atoms with Crippen LogP contribution in [0.3, 0.4) is 0 Å². The molecule has 0 rings (SSSR count). The maximum absolute atomic E-state index is 10.2. The van der Waals surface area contributed by atoms with Crippen molar-refractivity contribution in [3.05, 3.63) is 0 Å². The zero-order valence-corrected chi connectivity index (χ0v) is 7.62. The van der Waals surface area contributed by atoms with E-state index in [2.05, 4.69) is 0 Å². The summed E-state index contributed by atoms with van der Waals surface area (Å²) >= 11 is 0. The summed E-state index contributed by atoms with van der Waals surface area (Å²) < 4.78 is 0. The van der Waals surface area contributed by atoms with Gasteiger partial charge < -0.3 is 17.0 Å². The molecule has 5 heteroatoms. The summed E-state index contributed by atoms with van der Waals surface area (Å²) in [5, 5.41) is 8.37. The molecule has 0 saturated carbocycles. The molecular weight excluding hydrogens is 158 g/mol. The molecule has 0 radical (unpaired) electrons. The molecule has 0 heterocycles. The summed E-state index contributed by atoms with van der Waals surface area (Å²) in [6, 6.07) is 0. The van der Waals surface area contributed by atoms with Crippen molar-refractivity contribution < 1.29 is 9.90 Å². The monoisotopic (exact) mass is 177 g/mol. The fourth-order valence-corrected chi connectivity index (χ4v) is 0.836. The molecule has 0 atom stereocenters. The minimum absolute atomic E-state index is 0. The summed E-state index contributed by atoms with van der Waals surface area (Å²) in [7, 11) is 1.80. The standard InChI is InChI=1S/C7H16N2O2.H3N/c1-9(6-7(10)11)5-3-2-4-8;/h2-6,8H2,1H3,(H,10,11);1H3. The third-order valence-electron chi connectivity index (χ3n) is 1.40. The Kier molecular flexibility index (Phi) is 9.79. The van der Waals surface area contributed by atoms with Crippen LogP contribution in [0, 0.1) is 0 Å². The molecule has 0 amide bonds. The van der Waals surface area contributed by atoms with Gasteiger partial charge in [0.25, 0.3) is 0 Å². The van der Waals surface area contributed by atoms with Gasteiger partial charge in [0.1, 0.15) is 0 Å². The van der Waals surface area contributed by atoms with Crippen molar-refractivity contribution in [1.82, 2.24) is 11.1 Å². The van der Waals surface area contributed by atoms with Crippen molar-refractivity contribution in [3.63, 3.8) is 0 Å². The first-order valence-electron chi connectivity index (χ1n) is 3.77. The van der Waals surface area contributed by atoms with Gasteiger partial charge >= 0.3 is 5.97 Å². The van der Waals surface area contributed by atoms with Crippen LogP contribution in [0.1, 0.15) is 12.8 Å². The van der Waals surface area contributed by atoms with Gasteiger partial charge in [0.15, 0.2) is 0 Å². The Labute approximate surface area is 73.1 Å². The molecule has 0 aliphatic carbocycles. The number of rotatable bonds is 6. The maximum atomic E-state index is 10.2. The number of unbranched alkanes of at least 4 members (excludes halogenated alkanes) is 1. The Morgan fingerprint density at radius 2 is 2.08 bits per heavy atom. The molecule has 0 aromatic heterocycles. The van der Waals surface area contributed by atoms with Crippen LogP contribution in [0.5, 0.6) is 0 Å². The van der Waals surface area contributed by atoms with Crippen LogP contribution in [-0.2, 0) is 4.79 Å². The third kappa shape index (κ3) is 9.35. The lowest BCUT2D eigenvalue weighted by Gasteiger charge is -2.12. The van der Waals surface area contributed by atoms with E-state index in [4.69, 9.17) is 10.8 Å². The zero-order valence-electron chi connectivity index (χ0n) is 7.62. The number of carboxylic acids is 1. The van der Waals surface area contributed by atoms with Crippen LogP contribution in [0.4, 0.5) is 0 Å². The number of nitrogens with two attached hydrogens (primary N) is 1. The highest BCUT2D eigenvalue weighted by atomic mass is 16.4. The van der Waals surface area contributed by atoms with Crippen LogP contribution in [0.2, 0.25) is 0 Å². The Balaban J connectivity index is 0. The van der Waals surface area contributed by atoms with E-state index in [0.29, 0.717) is 6.54 Å². The molecule has 0 bridgehead atoms. The highest BCUT2D eigenvalue weighted by Gasteiger charge is 2.02. The van der Waals surface area contributed by atoms with Gasteiger partial charge in [-0.3, -0.25) is 9.69 Å². The van der Waals surface area contributed by atoms with Gasteiger partial charge in [-0.15, -0.1) is 0 Å². The first kappa shape index (κ1) is 13.9. The lowest BCUT2D eigenvalue weighted by atomic mass is 10.3. The Hall–Kier alpha value is -0.650. The van der Waals surface area contributed by atoms with Crippen molar-refractivity contribution in [2.75, 3.05) is 26.7 Å². The molecule has 6 N–H and O–H groups in total. The van der Waals surface area contributed by atoms with Gasteiger partial charge in [-0.25, -0.2) is 0 Å². The number of carbonyl (C=O) groups is 1. The van der Waals surface area contributed by atoms with E-state index >= 15 is 0 Å².